The molecule has 0 bridgehead atoms. The molecule has 4 heterocycles. The molecule has 0 aliphatic carbocycles. The molecule has 5 heteroatoms. The van der Waals surface area contributed by atoms with Crippen molar-refractivity contribution < 1.29 is 4.57 Å². The Balaban J connectivity index is 1.25. The Bertz CT molecular complexity index is 3550. The SMILES string of the molecule is Cc1ccccc1-c1n(-c2c(C(C)C)cccc2C(C)C)c2cc(-c3cc4c5c(c3)-n3c6ccc(C(C)(C)C)cc6c6cc(C(C)(C)C)cc(c63)B5c3cc(C(C)(C)C)ccc3[Se]4)ccc2[n+]1C. The summed E-state index contributed by atoms with van der Waals surface area (Å²) in [5.41, 5.74) is 24.3. The molecule has 2 aromatic heterocycles. The molecular weight excluding hydrogens is 888 g/mol. The molecule has 3 nitrogen and oxygen atoms in total. The Kier molecular flexibility index (Phi) is 10.2. The van der Waals surface area contributed by atoms with Gasteiger partial charge < -0.3 is 0 Å². The van der Waals surface area contributed by atoms with E-state index in [1.807, 2.05) is 0 Å². The normalized spacial score (nSPS) is 13.7. The van der Waals surface area contributed by atoms with Crippen LogP contribution in [0.15, 0.2) is 121 Å². The van der Waals surface area contributed by atoms with E-state index < -0.39 is 0 Å². The molecule has 0 saturated carbocycles. The number of imidazole rings is 1. The van der Waals surface area contributed by atoms with Crippen LogP contribution >= 0.6 is 0 Å². The topological polar surface area (TPSA) is 13.7 Å². The fourth-order valence-electron chi connectivity index (χ4n) is 11.5. The van der Waals surface area contributed by atoms with Gasteiger partial charge in [-0.3, -0.25) is 0 Å². The maximum atomic E-state index is 2.68. The minimum absolute atomic E-state index is 0.0138. The zero-order valence-corrected chi connectivity index (χ0v) is 44.7. The third-order valence-corrected chi connectivity index (χ3v) is 17.8. The van der Waals surface area contributed by atoms with Gasteiger partial charge >= 0.3 is 414 Å². The van der Waals surface area contributed by atoms with Crippen molar-refractivity contribution in [3.05, 3.63) is 155 Å². The van der Waals surface area contributed by atoms with E-state index in [9.17, 15) is 0 Å². The molecule has 0 atom stereocenters. The Morgan fingerprint density at radius 2 is 1.18 bits per heavy atom. The average Bonchev–Trinajstić information content (AvgIpc) is 3.77. The van der Waals surface area contributed by atoms with Crippen molar-refractivity contribution in [1.82, 2.24) is 9.13 Å². The van der Waals surface area contributed by atoms with Crippen LogP contribution in [-0.2, 0) is 23.3 Å². The van der Waals surface area contributed by atoms with Crippen LogP contribution in [0.3, 0.4) is 0 Å². The summed E-state index contributed by atoms with van der Waals surface area (Å²) in [5.74, 6) is 1.91. The Hall–Kier alpha value is -5.61. The predicted octanol–water partition coefficient (Wildman–Crippen LogP) is 12.1. The summed E-state index contributed by atoms with van der Waals surface area (Å²) in [6.07, 6.45) is 0. The first-order chi connectivity index (χ1) is 32.1. The number of aromatic nitrogens is 3. The van der Waals surface area contributed by atoms with Gasteiger partial charge in [0.25, 0.3) is 0 Å². The molecule has 7 aromatic carbocycles. The molecule has 0 spiro atoms. The molecule has 9 aromatic rings. The fourth-order valence-corrected chi connectivity index (χ4v) is 14.0. The number of aryl methyl sites for hydroxylation is 2. The van der Waals surface area contributed by atoms with E-state index in [-0.39, 0.29) is 37.9 Å². The molecule has 68 heavy (non-hydrogen) atoms. The van der Waals surface area contributed by atoms with Gasteiger partial charge in [0.05, 0.1) is 0 Å². The second kappa shape index (κ2) is 15.4. The maximum absolute atomic E-state index is 2.68. The Labute approximate surface area is 411 Å². The summed E-state index contributed by atoms with van der Waals surface area (Å²) < 4.78 is 10.7. The molecule has 0 amide bonds. The number of para-hydroxylation sites is 1. The molecule has 2 aliphatic rings. The molecule has 11 rings (SSSR count). The van der Waals surface area contributed by atoms with Crippen molar-refractivity contribution in [2.45, 2.75) is 125 Å². The number of rotatable bonds is 5. The van der Waals surface area contributed by atoms with E-state index in [0.29, 0.717) is 11.8 Å². The van der Waals surface area contributed by atoms with Gasteiger partial charge in [0.1, 0.15) is 0 Å². The summed E-state index contributed by atoms with van der Waals surface area (Å²) in [6.45, 7) is 33.0. The third-order valence-electron chi connectivity index (χ3n) is 15.4. The van der Waals surface area contributed by atoms with Crippen LogP contribution in [-0.4, -0.2) is 30.8 Å². The van der Waals surface area contributed by atoms with E-state index in [1.165, 1.54) is 125 Å². The van der Waals surface area contributed by atoms with Crippen molar-refractivity contribution in [1.29, 1.82) is 0 Å². The van der Waals surface area contributed by atoms with Crippen LogP contribution in [0.1, 0.15) is 135 Å². The second-order valence-corrected chi connectivity index (χ2v) is 26.1. The van der Waals surface area contributed by atoms with Gasteiger partial charge in [-0.15, -0.1) is 0 Å². The standard InChI is InChI=1S/C63H67BN3Se/c1-36(2)44-21-18-22-45(37(3)4)58(44)67-53-29-39(23-26-52(53)65(15)60(67)46-20-17-16-19-38(46)5)40-30-54-57-56(31-40)68-55-28-25-42(62(9,10)11)34-49(55)64(57)50-35-43(63(12,13)14)33-48-47-32-41(61(6,7)8)24-27-51(47)66(54)59(48)50/h16-37H,1-15H3/q+1. The fraction of sp³-hybridized carbons (Fsp3) is 0.317. The first-order valence-electron chi connectivity index (χ1n) is 25.0. The van der Waals surface area contributed by atoms with Crippen molar-refractivity contribution in [2.75, 3.05) is 0 Å². The Morgan fingerprint density at radius 1 is 0.544 bits per heavy atom. The van der Waals surface area contributed by atoms with E-state index in [0.717, 1.165) is 0 Å². The second-order valence-electron chi connectivity index (χ2n) is 23.8. The van der Waals surface area contributed by atoms with Crippen molar-refractivity contribution >= 4 is 79.8 Å². The van der Waals surface area contributed by atoms with Gasteiger partial charge in [-0.1, -0.05) is 0 Å². The number of hydrogen-bond acceptors (Lipinski definition) is 0. The summed E-state index contributed by atoms with van der Waals surface area (Å²) in [4.78, 5) is 0. The summed E-state index contributed by atoms with van der Waals surface area (Å²) in [5, 5.41) is 2.73. The van der Waals surface area contributed by atoms with E-state index in [1.54, 1.807) is 0 Å². The van der Waals surface area contributed by atoms with Crippen LogP contribution in [0.4, 0.5) is 0 Å². The van der Waals surface area contributed by atoms with Crippen LogP contribution in [0.2, 0.25) is 0 Å². The van der Waals surface area contributed by atoms with Gasteiger partial charge in [0, 0.05) is 0 Å². The van der Waals surface area contributed by atoms with Crippen LogP contribution in [0.25, 0.3) is 66.7 Å². The number of benzene rings is 7. The van der Waals surface area contributed by atoms with Crippen molar-refractivity contribution in [3.63, 3.8) is 0 Å². The quantitative estimate of drug-likeness (QED) is 0.121. The van der Waals surface area contributed by atoms with E-state index in [4.69, 9.17) is 0 Å². The summed E-state index contributed by atoms with van der Waals surface area (Å²) in [7, 11) is 2.26. The van der Waals surface area contributed by atoms with Crippen LogP contribution in [0, 0.1) is 6.92 Å². The molecular formula is C63H67BN3Se+. The zero-order valence-electron chi connectivity index (χ0n) is 43.0. The first-order valence-corrected chi connectivity index (χ1v) is 26.7. The zero-order chi connectivity index (χ0) is 48.1. The average molecular weight is 956 g/mol. The van der Waals surface area contributed by atoms with Gasteiger partial charge in [-0.05, 0) is 0 Å². The van der Waals surface area contributed by atoms with E-state index in [2.05, 4.69) is 239 Å². The molecule has 0 N–H and O–H groups in total. The minimum atomic E-state index is -0.0138. The van der Waals surface area contributed by atoms with Crippen LogP contribution < -0.4 is 29.9 Å². The predicted molar refractivity (Wildman–Crippen MR) is 295 cm³/mol. The first kappa shape index (κ1) is 44.9. The van der Waals surface area contributed by atoms with Crippen molar-refractivity contribution in [2.24, 2.45) is 7.05 Å². The number of hydrogen-bond donors (Lipinski definition) is 0. The number of nitrogens with zero attached hydrogens (tertiary/aromatic N) is 3. The van der Waals surface area contributed by atoms with Crippen molar-refractivity contribution in [3.8, 4) is 33.9 Å². The molecule has 342 valence electrons. The molecule has 0 fully saturated rings. The van der Waals surface area contributed by atoms with Gasteiger partial charge in [0.2, 0.25) is 0 Å². The summed E-state index contributed by atoms with van der Waals surface area (Å²) >= 11 is 0.111. The van der Waals surface area contributed by atoms with E-state index >= 15 is 0 Å². The van der Waals surface area contributed by atoms with Gasteiger partial charge in [0.15, 0.2) is 0 Å². The molecule has 0 radical (unpaired) electrons. The molecule has 2 aliphatic heterocycles. The third kappa shape index (κ3) is 6.85. The van der Waals surface area contributed by atoms with Crippen LogP contribution in [0.5, 0.6) is 0 Å². The monoisotopic (exact) mass is 956 g/mol. The summed E-state index contributed by atoms with van der Waals surface area (Å²) in [6, 6.07) is 48.3. The van der Waals surface area contributed by atoms with Gasteiger partial charge in [-0.2, -0.15) is 0 Å². The molecule has 0 unspecified atom stereocenters. The molecule has 0 saturated heterocycles. The van der Waals surface area contributed by atoms with Gasteiger partial charge in [-0.25, -0.2) is 0 Å². The Morgan fingerprint density at radius 3 is 1.84 bits per heavy atom. The number of fused-ring (bicyclic) bond motifs is 8.